The number of carbonyl (C=O) groups is 1. The lowest BCUT2D eigenvalue weighted by Crippen LogP contribution is -2.31. The lowest BCUT2D eigenvalue weighted by Gasteiger charge is -2.12. The Labute approximate surface area is 125 Å². The summed E-state index contributed by atoms with van der Waals surface area (Å²) in [7, 11) is 0. The summed E-state index contributed by atoms with van der Waals surface area (Å²) in [5.41, 5.74) is 1.24. The third-order valence-corrected chi connectivity index (χ3v) is 3.80. The largest absolute Gasteiger partial charge is 0.344 e. The first-order valence-corrected chi connectivity index (χ1v) is 7.61. The number of amides is 1. The fourth-order valence-corrected chi connectivity index (χ4v) is 2.44. The molecule has 0 spiro atoms. The van der Waals surface area contributed by atoms with Gasteiger partial charge in [0, 0.05) is 17.5 Å². The van der Waals surface area contributed by atoms with Crippen LogP contribution in [0.4, 0.5) is 0 Å². The SMILES string of the molecule is C#CCNC(=O)C(C)Sc1ccc(CNC(C)C)cc1. The van der Waals surface area contributed by atoms with Gasteiger partial charge in [-0.3, -0.25) is 4.79 Å². The van der Waals surface area contributed by atoms with Crippen LogP contribution in [0, 0.1) is 12.3 Å². The molecule has 0 radical (unpaired) electrons. The lowest BCUT2D eigenvalue weighted by molar-refractivity contribution is -0.120. The van der Waals surface area contributed by atoms with Gasteiger partial charge in [0.1, 0.15) is 0 Å². The summed E-state index contributed by atoms with van der Waals surface area (Å²) in [6, 6.07) is 8.75. The Morgan fingerprint density at radius 1 is 1.30 bits per heavy atom. The Bertz CT molecular complexity index is 462. The van der Waals surface area contributed by atoms with Gasteiger partial charge in [-0.2, -0.15) is 0 Å². The maximum absolute atomic E-state index is 11.7. The van der Waals surface area contributed by atoms with Crippen molar-refractivity contribution in [1.82, 2.24) is 10.6 Å². The molecule has 108 valence electrons. The molecule has 1 unspecified atom stereocenters. The standard InChI is InChI=1S/C16H22N2OS/c1-5-10-17-16(19)13(4)20-15-8-6-14(7-9-15)11-18-12(2)3/h1,6-9,12-13,18H,10-11H2,2-4H3,(H,17,19). The van der Waals surface area contributed by atoms with Crippen molar-refractivity contribution in [2.45, 2.75) is 43.5 Å². The molecule has 3 nitrogen and oxygen atoms in total. The molecule has 1 aromatic carbocycles. The summed E-state index contributed by atoms with van der Waals surface area (Å²) >= 11 is 1.53. The molecule has 0 aromatic heterocycles. The number of hydrogen-bond donors (Lipinski definition) is 2. The van der Waals surface area contributed by atoms with Crippen molar-refractivity contribution in [3.63, 3.8) is 0 Å². The van der Waals surface area contributed by atoms with Gasteiger partial charge < -0.3 is 10.6 Å². The molecule has 0 saturated carbocycles. The van der Waals surface area contributed by atoms with E-state index in [-0.39, 0.29) is 17.7 Å². The second kappa shape index (κ2) is 8.68. The van der Waals surface area contributed by atoms with Crippen molar-refractivity contribution in [1.29, 1.82) is 0 Å². The highest BCUT2D eigenvalue weighted by molar-refractivity contribution is 8.00. The first kappa shape index (κ1) is 16.6. The number of terminal acetylenes is 1. The molecular formula is C16H22N2OS. The van der Waals surface area contributed by atoms with Crippen LogP contribution in [0.2, 0.25) is 0 Å². The van der Waals surface area contributed by atoms with E-state index >= 15 is 0 Å². The van der Waals surface area contributed by atoms with Gasteiger partial charge in [0.05, 0.1) is 11.8 Å². The van der Waals surface area contributed by atoms with Crippen LogP contribution in [0.25, 0.3) is 0 Å². The molecule has 0 aliphatic heterocycles. The van der Waals surface area contributed by atoms with Crippen LogP contribution < -0.4 is 10.6 Å². The van der Waals surface area contributed by atoms with Crippen molar-refractivity contribution in [3.8, 4) is 12.3 Å². The third kappa shape index (κ3) is 6.14. The third-order valence-electron chi connectivity index (χ3n) is 2.68. The zero-order valence-corrected chi connectivity index (χ0v) is 13.1. The molecule has 0 heterocycles. The van der Waals surface area contributed by atoms with E-state index in [1.54, 1.807) is 0 Å². The minimum atomic E-state index is -0.150. The van der Waals surface area contributed by atoms with Gasteiger partial charge in [0.25, 0.3) is 0 Å². The first-order chi connectivity index (χ1) is 9.52. The number of thioether (sulfide) groups is 1. The van der Waals surface area contributed by atoms with Gasteiger partial charge in [-0.25, -0.2) is 0 Å². The molecule has 0 saturated heterocycles. The highest BCUT2D eigenvalue weighted by atomic mass is 32.2. The Kier molecular flexibility index (Phi) is 7.21. The molecular weight excluding hydrogens is 268 g/mol. The van der Waals surface area contributed by atoms with Crippen LogP contribution in [0.1, 0.15) is 26.3 Å². The Morgan fingerprint density at radius 2 is 1.95 bits per heavy atom. The lowest BCUT2D eigenvalue weighted by atomic mass is 10.2. The van der Waals surface area contributed by atoms with E-state index in [4.69, 9.17) is 6.42 Å². The van der Waals surface area contributed by atoms with Gasteiger partial charge in [-0.15, -0.1) is 18.2 Å². The van der Waals surface area contributed by atoms with Crippen molar-refractivity contribution >= 4 is 17.7 Å². The zero-order valence-electron chi connectivity index (χ0n) is 12.3. The second-order valence-corrected chi connectivity index (χ2v) is 6.28. The maximum atomic E-state index is 11.7. The highest BCUT2D eigenvalue weighted by Crippen LogP contribution is 2.23. The number of rotatable bonds is 7. The van der Waals surface area contributed by atoms with Crippen LogP contribution in [0.15, 0.2) is 29.2 Å². The molecule has 0 fully saturated rings. The monoisotopic (exact) mass is 290 g/mol. The van der Waals surface area contributed by atoms with E-state index in [1.807, 2.05) is 19.1 Å². The average molecular weight is 290 g/mol. The number of hydrogen-bond acceptors (Lipinski definition) is 3. The quantitative estimate of drug-likeness (QED) is 0.598. The number of carbonyl (C=O) groups excluding carboxylic acids is 1. The van der Waals surface area contributed by atoms with Crippen LogP contribution in [0.3, 0.4) is 0 Å². The van der Waals surface area contributed by atoms with Gasteiger partial charge >= 0.3 is 0 Å². The molecule has 1 rings (SSSR count). The van der Waals surface area contributed by atoms with Gasteiger partial charge in [-0.1, -0.05) is 31.9 Å². The Balaban J connectivity index is 2.48. The molecule has 2 N–H and O–H groups in total. The first-order valence-electron chi connectivity index (χ1n) is 6.73. The average Bonchev–Trinajstić information content (AvgIpc) is 2.43. The summed E-state index contributed by atoms with van der Waals surface area (Å²) in [4.78, 5) is 12.8. The van der Waals surface area contributed by atoms with Crippen LogP contribution in [-0.2, 0) is 11.3 Å². The fraction of sp³-hybridized carbons (Fsp3) is 0.438. The summed E-state index contributed by atoms with van der Waals surface area (Å²) in [5, 5.41) is 5.91. The number of nitrogens with one attached hydrogen (secondary N) is 2. The summed E-state index contributed by atoms with van der Waals surface area (Å²) < 4.78 is 0. The smallest absolute Gasteiger partial charge is 0.233 e. The van der Waals surface area contributed by atoms with Gasteiger partial charge in [-0.05, 0) is 24.6 Å². The maximum Gasteiger partial charge on any atom is 0.233 e. The minimum Gasteiger partial charge on any atom is -0.344 e. The summed E-state index contributed by atoms with van der Waals surface area (Å²) in [6.07, 6.45) is 5.12. The van der Waals surface area contributed by atoms with Crippen molar-refractivity contribution < 1.29 is 4.79 Å². The molecule has 0 aliphatic rings. The molecule has 0 bridgehead atoms. The van der Waals surface area contributed by atoms with Crippen LogP contribution in [-0.4, -0.2) is 23.7 Å². The number of benzene rings is 1. The molecule has 20 heavy (non-hydrogen) atoms. The minimum absolute atomic E-state index is 0.0292. The second-order valence-electron chi connectivity index (χ2n) is 4.86. The van der Waals surface area contributed by atoms with E-state index < -0.39 is 0 Å². The molecule has 4 heteroatoms. The fourth-order valence-electron chi connectivity index (χ4n) is 1.55. The van der Waals surface area contributed by atoms with E-state index in [0.29, 0.717) is 6.04 Å². The van der Waals surface area contributed by atoms with Crippen molar-refractivity contribution in [2.75, 3.05) is 6.54 Å². The Morgan fingerprint density at radius 3 is 2.50 bits per heavy atom. The summed E-state index contributed by atoms with van der Waals surface area (Å²) in [5.74, 6) is 2.37. The summed E-state index contributed by atoms with van der Waals surface area (Å²) in [6.45, 7) is 7.27. The van der Waals surface area contributed by atoms with E-state index in [2.05, 4.69) is 42.5 Å². The zero-order chi connectivity index (χ0) is 15.0. The topological polar surface area (TPSA) is 41.1 Å². The Hall–Kier alpha value is -1.44. The predicted octanol–water partition coefficient (Wildman–Crippen LogP) is 2.41. The highest BCUT2D eigenvalue weighted by Gasteiger charge is 2.13. The van der Waals surface area contributed by atoms with Crippen molar-refractivity contribution in [3.05, 3.63) is 29.8 Å². The van der Waals surface area contributed by atoms with Crippen molar-refractivity contribution in [2.24, 2.45) is 0 Å². The van der Waals surface area contributed by atoms with Crippen LogP contribution >= 0.6 is 11.8 Å². The normalized spacial score (nSPS) is 11.9. The van der Waals surface area contributed by atoms with E-state index in [9.17, 15) is 4.79 Å². The molecule has 0 aliphatic carbocycles. The predicted molar refractivity (Wildman–Crippen MR) is 85.6 cm³/mol. The molecule has 1 atom stereocenters. The van der Waals surface area contributed by atoms with E-state index in [0.717, 1.165) is 11.4 Å². The van der Waals surface area contributed by atoms with Gasteiger partial charge in [0.2, 0.25) is 5.91 Å². The molecule has 1 aromatic rings. The molecule has 1 amide bonds. The van der Waals surface area contributed by atoms with Crippen LogP contribution in [0.5, 0.6) is 0 Å². The van der Waals surface area contributed by atoms with E-state index in [1.165, 1.54) is 17.3 Å². The van der Waals surface area contributed by atoms with Gasteiger partial charge in [0.15, 0.2) is 0 Å².